The van der Waals surface area contributed by atoms with Gasteiger partial charge in [0.05, 0.1) is 18.8 Å². The van der Waals surface area contributed by atoms with Crippen molar-refractivity contribution in [2.24, 2.45) is 0 Å². The van der Waals surface area contributed by atoms with E-state index in [9.17, 15) is 0 Å². The Balaban J connectivity index is 2.56. The number of halogens is 1. The molecule has 66 valence electrons. The largest absolute Gasteiger partial charge is 0.394 e. The molecule has 0 radical (unpaired) electrons. The zero-order valence-corrected chi connectivity index (χ0v) is 7.90. The second kappa shape index (κ2) is 4.45. The number of anilines is 1. The number of hydrogen-bond acceptors (Lipinski definition) is 4. The molecule has 3 nitrogen and oxygen atoms in total. The van der Waals surface area contributed by atoms with Crippen LogP contribution in [0.1, 0.15) is 0 Å². The van der Waals surface area contributed by atoms with Crippen LogP contribution >= 0.6 is 22.9 Å². The summed E-state index contributed by atoms with van der Waals surface area (Å²) in [6.07, 6.45) is 3.18. The molecule has 12 heavy (non-hydrogen) atoms. The fraction of sp³-hybridized carbons (Fsp3) is 0.286. The van der Waals surface area contributed by atoms with Crippen LogP contribution in [-0.2, 0) is 0 Å². The molecule has 0 amide bonds. The Morgan fingerprint density at radius 2 is 2.67 bits per heavy atom. The van der Waals surface area contributed by atoms with E-state index in [0.29, 0.717) is 9.47 Å². The molecule has 0 aliphatic rings. The van der Waals surface area contributed by atoms with Gasteiger partial charge in [-0.25, -0.2) is 4.98 Å². The third-order valence-electron chi connectivity index (χ3n) is 1.27. The number of hydrogen-bond donors (Lipinski definition) is 2. The Morgan fingerprint density at radius 1 is 1.92 bits per heavy atom. The van der Waals surface area contributed by atoms with Crippen molar-refractivity contribution in [1.29, 1.82) is 0 Å². The lowest BCUT2D eigenvalue weighted by molar-refractivity contribution is 0.291. The molecule has 0 saturated heterocycles. The van der Waals surface area contributed by atoms with Crippen LogP contribution in [0.4, 0.5) is 5.13 Å². The topological polar surface area (TPSA) is 45.1 Å². The fourth-order valence-corrected chi connectivity index (χ4v) is 1.53. The molecule has 2 N–H and O–H groups in total. The van der Waals surface area contributed by atoms with E-state index in [1.54, 1.807) is 12.3 Å². The van der Waals surface area contributed by atoms with Crippen molar-refractivity contribution in [2.45, 2.75) is 6.04 Å². The second-order valence-corrected chi connectivity index (χ2v) is 3.80. The van der Waals surface area contributed by atoms with Crippen molar-refractivity contribution in [3.05, 3.63) is 23.2 Å². The molecule has 1 aromatic heterocycles. The van der Waals surface area contributed by atoms with Crippen LogP contribution in [0.5, 0.6) is 0 Å². The first kappa shape index (κ1) is 9.51. The fourth-order valence-electron chi connectivity index (χ4n) is 0.659. The normalized spacial score (nSPS) is 12.5. The van der Waals surface area contributed by atoms with Crippen molar-refractivity contribution in [3.8, 4) is 0 Å². The molecular formula is C7H9ClN2OS. The van der Waals surface area contributed by atoms with E-state index in [-0.39, 0.29) is 12.6 Å². The van der Waals surface area contributed by atoms with E-state index in [4.69, 9.17) is 16.7 Å². The highest BCUT2D eigenvalue weighted by Gasteiger charge is 2.04. The quantitative estimate of drug-likeness (QED) is 0.735. The Hall–Kier alpha value is -0.580. The summed E-state index contributed by atoms with van der Waals surface area (Å²) in [5.41, 5.74) is 0. The summed E-state index contributed by atoms with van der Waals surface area (Å²) in [4.78, 5) is 3.97. The predicted molar refractivity (Wildman–Crippen MR) is 51.8 cm³/mol. The molecule has 0 aromatic carbocycles. The molecule has 0 fully saturated rings. The number of rotatable bonds is 4. The molecule has 0 spiro atoms. The highest BCUT2D eigenvalue weighted by molar-refractivity contribution is 7.19. The molecule has 1 aromatic rings. The molecule has 0 aliphatic carbocycles. The van der Waals surface area contributed by atoms with Gasteiger partial charge >= 0.3 is 0 Å². The van der Waals surface area contributed by atoms with Crippen LogP contribution in [0.15, 0.2) is 18.9 Å². The van der Waals surface area contributed by atoms with Gasteiger partial charge in [-0.15, -0.1) is 6.58 Å². The maximum Gasteiger partial charge on any atom is 0.184 e. The van der Waals surface area contributed by atoms with Crippen LogP contribution in [0, 0.1) is 0 Å². The van der Waals surface area contributed by atoms with Crippen LogP contribution in [-0.4, -0.2) is 22.7 Å². The molecule has 5 heteroatoms. The summed E-state index contributed by atoms with van der Waals surface area (Å²) >= 11 is 6.99. The van der Waals surface area contributed by atoms with Crippen molar-refractivity contribution < 1.29 is 5.11 Å². The lowest BCUT2D eigenvalue weighted by Gasteiger charge is -2.08. The van der Waals surface area contributed by atoms with Crippen LogP contribution < -0.4 is 5.32 Å². The maximum atomic E-state index is 8.80. The Kier molecular flexibility index (Phi) is 3.52. The second-order valence-electron chi connectivity index (χ2n) is 2.14. The first-order valence-corrected chi connectivity index (χ1v) is 4.57. The van der Waals surface area contributed by atoms with Gasteiger partial charge in [0.15, 0.2) is 5.13 Å². The molecule has 1 unspecified atom stereocenters. The van der Waals surface area contributed by atoms with Crippen molar-refractivity contribution in [3.63, 3.8) is 0 Å². The molecule has 0 aliphatic heterocycles. The van der Waals surface area contributed by atoms with Gasteiger partial charge in [-0.05, 0) is 0 Å². The average Bonchev–Trinajstić information content (AvgIpc) is 2.47. The van der Waals surface area contributed by atoms with E-state index in [1.807, 2.05) is 0 Å². The molecule has 1 rings (SSSR count). The zero-order chi connectivity index (χ0) is 8.97. The van der Waals surface area contributed by atoms with Gasteiger partial charge in [0.25, 0.3) is 0 Å². The number of thiazole rings is 1. The minimum atomic E-state index is -0.160. The minimum Gasteiger partial charge on any atom is -0.394 e. The Bertz CT molecular complexity index is 264. The van der Waals surface area contributed by atoms with Crippen LogP contribution in [0.25, 0.3) is 0 Å². The van der Waals surface area contributed by atoms with Gasteiger partial charge in [-0.2, -0.15) is 0 Å². The van der Waals surface area contributed by atoms with Crippen LogP contribution in [0.3, 0.4) is 0 Å². The van der Waals surface area contributed by atoms with Gasteiger partial charge in [0.1, 0.15) is 4.34 Å². The number of nitrogens with one attached hydrogen (secondary N) is 1. The Morgan fingerprint density at radius 3 is 3.08 bits per heavy atom. The smallest absolute Gasteiger partial charge is 0.184 e. The first-order valence-electron chi connectivity index (χ1n) is 3.37. The van der Waals surface area contributed by atoms with Crippen molar-refractivity contribution in [2.75, 3.05) is 11.9 Å². The number of aliphatic hydroxyl groups is 1. The number of aromatic nitrogens is 1. The first-order chi connectivity index (χ1) is 5.76. The van der Waals surface area contributed by atoms with E-state index in [1.165, 1.54) is 11.3 Å². The van der Waals surface area contributed by atoms with Crippen molar-refractivity contribution in [1.82, 2.24) is 4.98 Å². The summed E-state index contributed by atoms with van der Waals surface area (Å²) < 4.78 is 0.623. The lowest BCUT2D eigenvalue weighted by Crippen LogP contribution is -2.20. The van der Waals surface area contributed by atoms with Gasteiger partial charge in [-0.3, -0.25) is 0 Å². The van der Waals surface area contributed by atoms with Crippen LogP contribution in [0.2, 0.25) is 4.34 Å². The zero-order valence-electron chi connectivity index (χ0n) is 6.33. The highest BCUT2D eigenvalue weighted by atomic mass is 35.5. The highest BCUT2D eigenvalue weighted by Crippen LogP contribution is 2.22. The number of aliphatic hydroxyl groups excluding tert-OH is 1. The van der Waals surface area contributed by atoms with E-state index in [0.717, 1.165) is 0 Å². The van der Waals surface area contributed by atoms with E-state index < -0.39 is 0 Å². The molecule has 1 atom stereocenters. The number of nitrogens with zero attached hydrogens (tertiary/aromatic N) is 1. The summed E-state index contributed by atoms with van der Waals surface area (Å²) in [5.74, 6) is 0. The van der Waals surface area contributed by atoms with Gasteiger partial charge in [-0.1, -0.05) is 29.0 Å². The summed E-state index contributed by atoms with van der Waals surface area (Å²) in [5, 5.41) is 12.5. The summed E-state index contributed by atoms with van der Waals surface area (Å²) in [6, 6.07) is -0.160. The molecule has 0 saturated carbocycles. The SMILES string of the molecule is C=CC(CO)Nc1ncc(Cl)s1. The summed E-state index contributed by atoms with van der Waals surface area (Å²) in [7, 11) is 0. The average molecular weight is 205 g/mol. The molecule has 1 heterocycles. The third kappa shape index (κ3) is 2.48. The predicted octanol–water partition coefficient (Wildman–Crippen LogP) is 1.76. The molecule has 0 bridgehead atoms. The lowest BCUT2D eigenvalue weighted by atomic mass is 10.3. The Labute approximate surface area is 79.7 Å². The summed E-state index contributed by atoms with van der Waals surface area (Å²) in [6.45, 7) is 3.56. The third-order valence-corrected chi connectivity index (χ3v) is 2.31. The van der Waals surface area contributed by atoms with Gasteiger partial charge < -0.3 is 10.4 Å². The minimum absolute atomic E-state index is 0.000693. The monoisotopic (exact) mass is 204 g/mol. The van der Waals surface area contributed by atoms with E-state index in [2.05, 4.69) is 16.9 Å². The van der Waals surface area contributed by atoms with Gasteiger partial charge in [0, 0.05) is 0 Å². The van der Waals surface area contributed by atoms with E-state index >= 15 is 0 Å². The molecular weight excluding hydrogens is 196 g/mol. The standard InChI is InChI=1S/C7H9ClN2OS/c1-2-5(4-11)10-7-9-3-6(8)12-7/h2-3,5,11H,1,4H2,(H,9,10). The van der Waals surface area contributed by atoms with Gasteiger partial charge in [0.2, 0.25) is 0 Å². The van der Waals surface area contributed by atoms with Crippen molar-refractivity contribution >= 4 is 28.1 Å². The maximum absolute atomic E-state index is 8.80.